The molecule has 0 atom stereocenters. The second kappa shape index (κ2) is 5.64. The Kier molecular flexibility index (Phi) is 3.72. The van der Waals surface area contributed by atoms with Crippen LogP contribution in [0.1, 0.15) is 44.9 Å². The van der Waals surface area contributed by atoms with Crippen LogP contribution < -0.4 is 10.2 Å². The number of hydrogen-bond donors (Lipinski definition) is 1. The van der Waals surface area contributed by atoms with E-state index in [1.165, 1.54) is 25.7 Å². The predicted molar refractivity (Wildman–Crippen MR) is 78.5 cm³/mol. The molecule has 3 heteroatoms. The van der Waals surface area contributed by atoms with Crippen molar-refractivity contribution >= 4 is 17.3 Å². The molecule has 1 aliphatic heterocycles. The van der Waals surface area contributed by atoms with Crippen molar-refractivity contribution in [3.8, 4) is 0 Å². The molecule has 2 aliphatic rings. The van der Waals surface area contributed by atoms with Crippen LogP contribution in [0.4, 0.5) is 11.4 Å². The van der Waals surface area contributed by atoms with Crippen molar-refractivity contribution in [1.82, 2.24) is 0 Å². The Labute approximate surface area is 115 Å². The summed E-state index contributed by atoms with van der Waals surface area (Å²) in [5, 5.41) is 3.38. The van der Waals surface area contributed by atoms with E-state index in [2.05, 4.69) is 22.3 Å². The van der Waals surface area contributed by atoms with E-state index < -0.39 is 0 Å². The zero-order valence-electron chi connectivity index (χ0n) is 11.4. The lowest BCUT2D eigenvalue weighted by atomic mass is 10.1. The number of nitrogens with zero attached hydrogens (tertiary/aromatic N) is 1. The van der Waals surface area contributed by atoms with E-state index in [4.69, 9.17) is 0 Å². The molecule has 0 bridgehead atoms. The van der Waals surface area contributed by atoms with Gasteiger partial charge in [-0.15, -0.1) is 0 Å². The van der Waals surface area contributed by atoms with Gasteiger partial charge in [-0.2, -0.15) is 0 Å². The molecule has 0 saturated heterocycles. The summed E-state index contributed by atoms with van der Waals surface area (Å²) < 4.78 is 0. The van der Waals surface area contributed by atoms with Crippen molar-refractivity contribution in [2.24, 2.45) is 0 Å². The Morgan fingerprint density at radius 3 is 2.58 bits per heavy atom. The maximum atomic E-state index is 12.5. The van der Waals surface area contributed by atoms with E-state index in [9.17, 15) is 4.79 Å². The molecule has 0 radical (unpaired) electrons. The highest BCUT2D eigenvalue weighted by Crippen LogP contribution is 2.33. The zero-order valence-corrected chi connectivity index (χ0v) is 11.4. The van der Waals surface area contributed by atoms with Crippen LogP contribution in [0.5, 0.6) is 0 Å². The highest BCUT2D eigenvalue weighted by Gasteiger charge is 2.28. The first kappa shape index (κ1) is 12.5. The molecule has 1 aliphatic carbocycles. The summed E-state index contributed by atoms with van der Waals surface area (Å²) in [5.41, 5.74) is 2.19. The number of carbonyl (C=O) groups excluding carboxylic acids is 1. The normalized spacial score (nSPS) is 21.3. The van der Waals surface area contributed by atoms with Gasteiger partial charge in [0.15, 0.2) is 0 Å². The molecule has 0 spiro atoms. The minimum atomic E-state index is 0.282. The van der Waals surface area contributed by atoms with Crippen molar-refractivity contribution in [3.63, 3.8) is 0 Å². The van der Waals surface area contributed by atoms with Crippen LogP contribution in [0.2, 0.25) is 0 Å². The lowest BCUT2D eigenvalue weighted by molar-refractivity contribution is -0.118. The third kappa shape index (κ3) is 2.60. The van der Waals surface area contributed by atoms with E-state index in [-0.39, 0.29) is 5.91 Å². The molecule has 0 aromatic heterocycles. The number of nitrogens with one attached hydrogen (secondary N) is 1. The standard InChI is InChI=1S/C16H22N2O/c19-16-11-12-17-14-9-5-6-10-15(14)18(16)13-7-3-1-2-4-8-13/h5-6,9-10,13,17H,1-4,7-8,11-12H2. The third-order valence-electron chi connectivity index (χ3n) is 4.28. The molecule has 3 nitrogen and oxygen atoms in total. The quantitative estimate of drug-likeness (QED) is 0.781. The second-order valence-corrected chi connectivity index (χ2v) is 5.60. The van der Waals surface area contributed by atoms with Gasteiger partial charge in [0.05, 0.1) is 11.4 Å². The average Bonchev–Trinajstić information content (AvgIpc) is 2.77. The van der Waals surface area contributed by atoms with Gasteiger partial charge in [-0.1, -0.05) is 37.8 Å². The Bertz CT molecular complexity index is 450. The molecule has 1 N–H and O–H groups in total. The van der Waals surface area contributed by atoms with Crippen LogP contribution in [0.15, 0.2) is 24.3 Å². The van der Waals surface area contributed by atoms with E-state index in [0.717, 1.165) is 30.8 Å². The maximum absolute atomic E-state index is 12.5. The number of carbonyl (C=O) groups is 1. The van der Waals surface area contributed by atoms with Crippen LogP contribution in [0, 0.1) is 0 Å². The summed E-state index contributed by atoms with van der Waals surface area (Å²) in [6.07, 6.45) is 8.05. The van der Waals surface area contributed by atoms with E-state index >= 15 is 0 Å². The first-order chi connectivity index (χ1) is 9.36. The molecular weight excluding hydrogens is 236 g/mol. The van der Waals surface area contributed by atoms with Gasteiger partial charge in [-0.05, 0) is 25.0 Å². The van der Waals surface area contributed by atoms with Crippen LogP contribution in [-0.2, 0) is 4.79 Å². The van der Waals surface area contributed by atoms with Gasteiger partial charge in [0.1, 0.15) is 0 Å². The smallest absolute Gasteiger partial charge is 0.229 e. The number of hydrogen-bond acceptors (Lipinski definition) is 2. The summed E-state index contributed by atoms with van der Waals surface area (Å²) >= 11 is 0. The second-order valence-electron chi connectivity index (χ2n) is 5.60. The van der Waals surface area contributed by atoms with Crippen LogP contribution in [0.25, 0.3) is 0 Å². The fourth-order valence-electron chi connectivity index (χ4n) is 3.31. The van der Waals surface area contributed by atoms with Gasteiger partial charge < -0.3 is 10.2 Å². The predicted octanol–water partition coefficient (Wildman–Crippen LogP) is 3.56. The minimum absolute atomic E-state index is 0.282. The highest BCUT2D eigenvalue weighted by molar-refractivity contribution is 5.98. The maximum Gasteiger partial charge on any atom is 0.229 e. The van der Waals surface area contributed by atoms with Gasteiger partial charge in [-0.3, -0.25) is 4.79 Å². The SMILES string of the molecule is O=C1CCNc2ccccc2N1C1CCCCCC1. The number of anilines is 2. The number of amides is 1. The summed E-state index contributed by atoms with van der Waals surface area (Å²) in [5.74, 6) is 0.282. The topological polar surface area (TPSA) is 32.3 Å². The summed E-state index contributed by atoms with van der Waals surface area (Å²) in [4.78, 5) is 14.6. The molecule has 1 amide bonds. The van der Waals surface area contributed by atoms with Crippen molar-refractivity contribution in [2.75, 3.05) is 16.8 Å². The van der Waals surface area contributed by atoms with Crippen molar-refractivity contribution in [2.45, 2.75) is 51.0 Å². The highest BCUT2D eigenvalue weighted by atomic mass is 16.2. The molecule has 102 valence electrons. The van der Waals surface area contributed by atoms with E-state index in [0.29, 0.717) is 12.5 Å². The molecular formula is C16H22N2O. The Balaban J connectivity index is 1.94. The molecule has 19 heavy (non-hydrogen) atoms. The van der Waals surface area contributed by atoms with Gasteiger partial charge in [0, 0.05) is 19.0 Å². The van der Waals surface area contributed by atoms with Crippen molar-refractivity contribution < 1.29 is 4.79 Å². The lowest BCUT2D eigenvalue weighted by Gasteiger charge is -2.31. The molecule has 1 aromatic rings. The fraction of sp³-hybridized carbons (Fsp3) is 0.562. The molecule has 0 unspecified atom stereocenters. The number of benzene rings is 1. The van der Waals surface area contributed by atoms with Crippen molar-refractivity contribution in [3.05, 3.63) is 24.3 Å². The molecule has 1 heterocycles. The van der Waals surface area contributed by atoms with Gasteiger partial charge in [-0.25, -0.2) is 0 Å². The minimum Gasteiger partial charge on any atom is -0.383 e. The van der Waals surface area contributed by atoms with Crippen LogP contribution in [0.3, 0.4) is 0 Å². The first-order valence-electron chi connectivity index (χ1n) is 7.51. The number of para-hydroxylation sites is 2. The number of rotatable bonds is 1. The molecule has 1 aromatic carbocycles. The lowest BCUT2D eigenvalue weighted by Crippen LogP contribution is -2.39. The van der Waals surface area contributed by atoms with Crippen molar-refractivity contribution in [1.29, 1.82) is 0 Å². The fourth-order valence-corrected chi connectivity index (χ4v) is 3.31. The van der Waals surface area contributed by atoms with E-state index in [1.807, 2.05) is 12.1 Å². The summed E-state index contributed by atoms with van der Waals surface area (Å²) in [6, 6.07) is 8.63. The molecule has 1 fully saturated rings. The number of fused-ring (bicyclic) bond motifs is 1. The Morgan fingerprint density at radius 1 is 1.05 bits per heavy atom. The van der Waals surface area contributed by atoms with Crippen LogP contribution >= 0.6 is 0 Å². The molecule has 1 saturated carbocycles. The van der Waals surface area contributed by atoms with Gasteiger partial charge in [0.25, 0.3) is 0 Å². The zero-order chi connectivity index (χ0) is 13.1. The Hall–Kier alpha value is -1.51. The van der Waals surface area contributed by atoms with Gasteiger partial charge in [0.2, 0.25) is 5.91 Å². The average molecular weight is 258 g/mol. The summed E-state index contributed by atoms with van der Waals surface area (Å²) in [6.45, 7) is 0.749. The van der Waals surface area contributed by atoms with Gasteiger partial charge >= 0.3 is 0 Å². The van der Waals surface area contributed by atoms with Crippen LogP contribution in [-0.4, -0.2) is 18.5 Å². The first-order valence-corrected chi connectivity index (χ1v) is 7.51. The van der Waals surface area contributed by atoms with E-state index in [1.54, 1.807) is 0 Å². The largest absolute Gasteiger partial charge is 0.383 e. The monoisotopic (exact) mass is 258 g/mol. The third-order valence-corrected chi connectivity index (χ3v) is 4.28. The summed E-state index contributed by atoms with van der Waals surface area (Å²) in [7, 11) is 0. The molecule has 3 rings (SSSR count). The Morgan fingerprint density at radius 2 is 1.79 bits per heavy atom.